The summed E-state index contributed by atoms with van der Waals surface area (Å²) < 4.78 is 5.68. The van der Waals surface area contributed by atoms with E-state index < -0.39 is 0 Å². The predicted molar refractivity (Wildman–Crippen MR) is 59.6 cm³/mol. The van der Waals surface area contributed by atoms with Crippen LogP contribution < -0.4 is 5.73 Å². The Hall–Kier alpha value is -1.03. The van der Waals surface area contributed by atoms with Gasteiger partial charge in [-0.2, -0.15) is 5.10 Å². The van der Waals surface area contributed by atoms with Crippen LogP contribution in [0.3, 0.4) is 0 Å². The maximum atomic E-state index is 5.68. The first-order chi connectivity index (χ1) is 7.27. The van der Waals surface area contributed by atoms with E-state index in [-0.39, 0.29) is 0 Å². The number of hydrogen-bond donors (Lipinski definition) is 2. The largest absolute Gasteiger partial charge is 0.382 e. The van der Waals surface area contributed by atoms with Crippen molar-refractivity contribution in [3.8, 4) is 0 Å². The number of nitrogens with one attached hydrogen (secondary N) is 1. The van der Waals surface area contributed by atoms with Crippen LogP contribution in [0.15, 0.2) is 0 Å². The first-order valence-electron chi connectivity index (χ1n) is 5.68. The number of rotatable bonds is 3. The number of hydrogen-bond acceptors (Lipinski definition) is 3. The van der Waals surface area contributed by atoms with Gasteiger partial charge in [0.05, 0.1) is 6.10 Å². The van der Waals surface area contributed by atoms with Crippen molar-refractivity contribution in [2.75, 3.05) is 12.3 Å². The Kier molecular flexibility index (Phi) is 3.26. The molecule has 0 aromatic carbocycles. The smallest absolute Gasteiger partial charge is 0.148 e. The number of nitrogens with two attached hydrogens (primary N) is 1. The summed E-state index contributed by atoms with van der Waals surface area (Å²) in [5.41, 5.74) is 7.92. The molecule has 2 heterocycles. The molecule has 1 atom stereocenters. The monoisotopic (exact) mass is 209 g/mol. The number of anilines is 1. The zero-order chi connectivity index (χ0) is 10.7. The van der Waals surface area contributed by atoms with Gasteiger partial charge in [-0.3, -0.25) is 5.10 Å². The number of aryl methyl sites for hydroxylation is 1. The molecule has 1 saturated heterocycles. The molecule has 0 amide bonds. The highest BCUT2D eigenvalue weighted by Crippen LogP contribution is 2.19. The highest BCUT2D eigenvalue weighted by Gasteiger charge is 2.15. The Bertz CT molecular complexity index is 316. The number of aromatic nitrogens is 2. The van der Waals surface area contributed by atoms with E-state index in [1.165, 1.54) is 19.3 Å². The molecule has 84 valence electrons. The molecule has 0 aliphatic carbocycles. The van der Waals surface area contributed by atoms with Crippen LogP contribution in [-0.2, 0) is 11.2 Å². The van der Waals surface area contributed by atoms with Crippen LogP contribution in [0, 0.1) is 6.92 Å². The minimum atomic E-state index is 0.433. The molecule has 0 radical (unpaired) electrons. The van der Waals surface area contributed by atoms with Crippen molar-refractivity contribution < 1.29 is 4.74 Å². The fourth-order valence-corrected chi connectivity index (χ4v) is 2.03. The predicted octanol–water partition coefficient (Wildman–Crippen LogP) is 1.80. The molecule has 15 heavy (non-hydrogen) atoms. The number of nitrogen functional groups attached to an aromatic ring is 1. The molecule has 1 fully saturated rings. The molecule has 0 bridgehead atoms. The highest BCUT2D eigenvalue weighted by atomic mass is 16.5. The maximum absolute atomic E-state index is 5.68. The quantitative estimate of drug-likeness (QED) is 0.797. The van der Waals surface area contributed by atoms with Crippen LogP contribution in [0.4, 0.5) is 5.82 Å². The summed E-state index contributed by atoms with van der Waals surface area (Å²) >= 11 is 0. The highest BCUT2D eigenvalue weighted by molar-refractivity contribution is 5.40. The van der Waals surface area contributed by atoms with E-state index in [1.54, 1.807) is 0 Å². The summed E-state index contributed by atoms with van der Waals surface area (Å²) in [6.45, 7) is 2.94. The molecule has 1 aromatic rings. The van der Waals surface area contributed by atoms with Gasteiger partial charge in [0.15, 0.2) is 0 Å². The average molecular weight is 209 g/mol. The van der Waals surface area contributed by atoms with Crippen LogP contribution in [0.1, 0.15) is 36.9 Å². The fourth-order valence-electron chi connectivity index (χ4n) is 2.03. The van der Waals surface area contributed by atoms with Crippen molar-refractivity contribution >= 4 is 5.82 Å². The number of aromatic amines is 1. The van der Waals surface area contributed by atoms with Crippen LogP contribution in [-0.4, -0.2) is 22.9 Å². The van der Waals surface area contributed by atoms with Gasteiger partial charge in [0.2, 0.25) is 0 Å². The Balaban J connectivity index is 1.84. The second-order valence-corrected chi connectivity index (χ2v) is 4.24. The summed E-state index contributed by atoms with van der Waals surface area (Å²) in [4.78, 5) is 0. The molecule has 0 saturated carbocycles. The normalized spacial score (nSPS) is 21.8. The Labute approximate surface area is 90.2 Å². The summed E-state index contributed by atoms with van der Waals surface area (Å²) in [6.07, 6.45) is 6.20. The Morgan fingerprint density at radius 2 is 2.40 bits per heavy atom. The molecule has 0 spiro atoms. The first-order valence-corrected chi connectivity index (χ1v) is 5.68. The minimum Gasteiger partial charge on any atom is -0.382 e. The zero-order valence-corrected chi connectivity index (χ0v) is 9.25. The summed E-state index contributed by atoms with van der Waals surface area (Å²) in [5, 5.41) is 6.97. The van der Waals surface area contributed by atoms with E-state index in [0.29, 0.717) is 11.9 Å². The van der Waals surface area contributed by atoms with Crippen molar-refractivity contribution in [1.29, 1.82) is 0 Å². The van der Waals surface area contributed by atoms with Crippen molar-refractivity contribution in [1.82, 2.24) is 10.2 Å². The van der Waals surface area contributed by atoms with Gasteiger partial charge >= 0.3 is 0 Å². The number of ether oxygens (including phenoxy) is 1. The third kappa shape index (κ3) is 2.50. The van der Waals surface area contributed by atoms with Crippen LogP contribution >= 0.6 is 0 Å². The van der Waals surface area contributed by atoms with Gasteiger partial charge < -0.3 is 10.5 Å². The molecule has 4 nitrogen and oxygen atoms in total. The van der Waals surface area contributed by atoms with Crippen LogP contribution in [0.5, 0.6) is 0 Å². The Morgan fingerprint density at radius 1 is 1.53 bits per heavy atom. The van der Waals surface area contributed by atoms with Crippen molar-refractivity contribution in [2.45, 2.75) is 45.1 Å². The lowest BCUT2D eigenvalue weighted by Gasteiger charge is -2.22. The average Bonchev–Trinajstić information content (AvgIpc) is 2.59. The van der Waals surface area contributed by atoms with Gasteiger partial charge in [-0.15, -0.1) is 0 Å². The van der Waals surface area contributed by atoms with E-state index in [2.05, 4.69) is 10.2 Å². The molecular weight excluding hydrogens is 190 g/mol. The maximum Gasteiger partial charge on any atom is 0.148 e. The lowest BCUT2D eigenvalue weighted by Crippen LogP contribution is -2.19. The van der Waals surface area contributed by atoms with Gasteiger partial charge in [0, 0.05) is 17.9 Å². The lowest BCUT2D eigenvalue weighted by molar-refractivity contribution is 0.0113. The SMILES string of the molecule is Cc1c(N)n[nH]c1CCC1CCCCO1. The number of H-pyrrole nitrogens is 1. The lowest BCUT2D eigenvalue weighted by atomic mass is 10.0. The van der Waals surface area contributed by atoms with Gasteiger partial charge in [0.1, 0.15) is 5.82 Å². The first kappa shape index (κ1) is 10.5. The van der Waals surface area contributed by atoms with Crippen LogP contribution in [0.2, 0.25) is 0 Å². The molecule has 2 rings (SSSR count). The van der Waals surface area contributed by atoms with E-state index in [9.17, 15) is 0 Å². The molecule has 1 aromatic heterocycles. The third-order valence-electron chi connectivity index (χ3n) is 3.14. The summed E-state index contributed by atoms with van der Waals surface area (Å²) in [7, 11) is 0. The van der Waals surface area contributed by atoms with E-state index in [4.69, 9.17) is 10.5 Å². The van der Waals surface area contributed by atoms with Crippen molar-refractivity contribution in [3.05, 3.63) is 11.3 Å². The van der Waals surface area contributed by atoms with E-state index in [1.807, 2.05) is 6.92 Å². The topological polar surface area (TPSA) is 63.9 Å². The van der Waals surface area contributed by atoms with Crippen molar-refractivity contribution in [3.63, 3.8) is 0 Å². The zero-order valence-electron chi connectivity index (χ0n) is 9.25. The number of nitrogens with zero attached hydrogens (tertiary/aromatic N) is 1. The van der Waals surface area contributed by atoms with Crippen molar-refractivity contribution in [2.24, 2.45) is 0 Å². The Morgan fingerprint density at radius 3 is 3.00 bits per heavy atom. The molecule has 1 aliphatic heterocycles. The van der Waals surface area contributed by atoms with E-state index in [0.717, 1.165) is 30.7 Å². The molecule has 4 heteroatoms. The molecule has 1 aliphatic rings. The molecular formula is C11H19N3O. The third-order valence-corrected chi connectivity index (χ3v) is 3.14. The standard InChI is InChI=1S/C11H19N3O/c1-8-10(13-14-11(8)12)6-5-9-4-2-3-7-15-9/h9H,2-7H2,1H3,(H3,12,13,14). The van der Waals surface area contributed by atoms with Crippen LogP contribution in [0.25, 0.3) is 0 Å². The second kappa shape index (κ2) is 4.66. The van der Waals surface area contributed by atoms with Gasteiger partial charge in [0.25, 0.3) is 0 Å². The van der Waals surface area contributed by atoms with E-state index >= 15 is 0 Å². The molecule has 3 N–H and O–H groups in total. The summed E-state index contributed by atoms with van der Waals surface area (Å²) in [6, 6.07) is 0. The summed E-state index contributed by atoms with van der Waals surface area (Å²) in [5.74, 6) is 0.620. The fraction of sp³-hybridized carbons (Fsp3) is 0.727. The minimum absolute atomic E-state index is 0.433. The van der Waals surface area contributed by atoms with Gasteiger partial charge in [-0.05, 0) is 39.0 Å². The van der Waals surface area contributed by atoms with Gasteiger partial charge in [-0.1, -0.05) is 0 Å². The second-order valence-electron chi connectivity index (χ2n) is 4.24. The molecule has 1 unspecified atom stereocenters. The van der Waals surface area contributed by atoms with Gasteiger partial charge in [-0.25, -0.2) is 0 Å².